The van der Waals surface area contributed by atoms with Crippen molar-refractivity contribution in [2.24, 2.45) is 0 Å². The van der Waals surface area contributed by atoms with Crippen LogP contribution in [0.4, 0.5) is 5.69 Å². The van der Waals surface area contributed by atoms with E-state index < -0.39 is 5.54 Å². The second-order valence-electron chi connectivity index (χ2n) is 5.07. The van der Waals surface area contributed by atoms with Gasteiger partial charge in [-0.1, -0.05) is 13.8 Å². The molecule has 1 fully saturated rings. The van der Waals surface area contributed by atoms with Gasteiger partial charge in [0, 0.05) is 11.8 Å². The lowest BCUT2D eigenvalue weighted by Gasteiger charge is -2.15. The van der Waals surface area contributed by atoms with E-state index in [4.69, 9.17) is 9.15 Å². The first-order valence-corrected chi connectivity index (χ1v) is 7.76. The third-order valence-electron chi connectivity index (χ3n) is 3.82. The molecule has 6 heteroatoms. The van der Waals surface area contributed by atoms with Gasteiger partial charge < -0.3 is 19.8 Å². The molecule has 1 aromatic heterocycles. The number of oxazole rings is 1. The highest BCUT2D eigenvalue weighted by Crippen LogP contribution is 2.37. The zero-order chi connectivity index (χ0) is 16.9. The maximum absolute atomic E-state index is 12.2. The fraction of sp³-hybridized carbons (Fsp3) is 0.412. The molecule has 6 nitrogen and oxygen atoms in total. The number of benzene rings is 1. The zero-order valence-corrected chi connectivity index (χ0v) is 14.0. The standard InChI is InChI=1S/C15H17N3O3.C2H6/c1-16-15(5-6-15)14(19)18-10-3-4-11(12(7-10)20-2)13-8-17-9-21-13;1-2/h3-4,7-9,16H,5-6H2,1-2H3,(H,18,19);1-2H3. The summed E-state index contributed by atoms with van der Waals surface area (Å²) in [6.07, 6.45) is 4.72. The highest BCUT2D eigenvalue weighted by atomic mass is 16.5. The van der Waals surface area contributed by atoms with Crippen LogP contribution < -0.4 is 15.4 Å². The number of hydrogen-bond acceptors (Lipinski definition) is 5. The van der Waals surface area contributed by atoms with Gasteiger partial charge in [-0.2, -0.15) is 0 Å². The first-order valence-electron chi connectivity index (χ1n) is 7.76. The predicted molar refractivity (Wildman–Crippen MR) is 89.5 cm³/mol. The smallest absolute Gasteiger partial charge is 0.244 e. The van der Waals surface area contributed by atoms with Crippen LogP contribution in [0.25, 0.3) is 11.3 Å². The Labute approximate surface area is 136 Å². The second kappa shape index (κ2) is 7.28. The number of nitrogens with zero attached hydrogens (tertiary/aromatic N) is 1. The maximum atomic E-state index is 12.2. The van der Waals surface area contributed by atoms with Gasteiger partial charge in [-0.05, 0) is 32.0 Å². The highest BCUT2D eigenvalue weighted by Gasteiger charge is 2.48. The van der Waals surface area contributed by atoms with Gasteiger partial charge in [-0.15, -0.1) is 0 Å². The number of amides is 1. The number of anilines is 1. The van der Waals surface area contributed by atoms with Gasteiger partial charge in [-0.3, -0.25) is 4.79 Å². The average Bonchev–Trinajstić information content (AvgIpc) is 3.23. The van der Waals surface area contributed by atoms with Crippen LogP contribution >= 0.6 is 0 Å². The molecular formula is C17H23N3O3. The molecule has 0 bridgehead atoms. The Hall–Kier alpha value is -2.34. The van der Waals surface area contributed by atoms with Crippen LogP contribution in [-0.2, 0) is 4.79 Å². The Balaban J connectivity index is 0.000000924. The molecule has 1 amide bonds. The van der Waals surface area contributed by atoms with Crippen molar-refractivity contribution in [2.75, 3.05) is 19.5 Å². The number of aromatic nitrogens is 1. The van der Waals surface area contributed by atoms with Gasteiger partial charge in [-0.25, -0.2) is 4.98 Å². The summed E-state index contributed by atoms with van der Waals surface area (Å²) < 4.78 is 10.6. The van der Waals surface area contributed by atoms with Gasteiger partial charge >= 0.3 is 0 Å². The lowest BCUT2D eigenvalue weighted by Crippen LogP contribution is -2.40. The van der Waals surface area contributed by atoms with Crippen LogP contribution in [0.3, 0.4) is 0 Å². The van der Waals surface area contributed by atoms with Crippen LogP contribution in [0, 0.1) is 0 Å². The summed E-state index contributed by atoms with van der Waals surface area (Å²) in [4.78, 5) is 16.1. The Kier molecular flexibility index (Phi) is 5.39. The average molecular weight is 317 g/mol. The molecule has 3 rings (SSSR count). The third kappa shape index (κ3) is 3.53. The van der Waals surface area contributed by atoms with Crippen molar-refractivity contribution < 1.29 is 13.9 Å². The van der Waals surface area contributed by atoms with Crippen molar-refractivity contribution in [1.82, 2.24) is 10.3 Å². The van der Waals surface area contributed by atoms with Crippen LogP contribution in [0.15, 0.2) is 35.2 Å². The maximum Gasteiger partial charge on any atom is 0.244 e. The minimum absolute atomic E-state index is 0.0144. The van der Waals surface area contributed by atoms with Gasteiger partial charge in [0.2, 0.25) is 5.91 Å². The Morgan fingerprint density at radius 2 is 2.09 bits per heavy atom. The van der Waals surface area contributed by atoms with E-state index in [1.807, 2.05) is 26.0 Å². The van der Waals surface area contributed by atoms with Crippen molar-refractivity contribution in [3.63, 3.8) is 0 Å². The Morgan fingerprint density at radius 3 is 2.61 bits per heavy atom. The summed E-state index contributed by atoms with van der Waals surface area (Å²) in [5.41, 5.74) is 1.08. The molecule has 2 N–H and O–H groups in total. The molecular weight excluding hydrogens is 294 g/mol. The second-order valence-corrected chi connectivity index (χ2v) is 5.07. The summed E-state index contributed by atoms with van der Waals surface area (Å²) >= 11 is 0. The fourth-order valence-corrected chi connectivity index (χ4v) is 2.29. The van der Waals surface area contributed by atoms with Crippen LogP contribution in [-0.4, -0.2) is 30.6 Å². The Bertz CT molecular complexity index is 649. The third-order valence-corrected chi connectivity index (χ3v) is 3.82. The number of nitrogens with one attached hydrogen (secondary N) is 2. The molecule has 1 aliphatic rings. The molecule has 23 heavy (non-hydrogen) atoms. The van der Waals surface area contributed by atoms with Gasteiger partial charge in [0.1, 0.15) is 5.75 Å². The van der Waals surface area contributed by atoms with E-state index in [1.165, 1.54) is 6.39 Å². The molecule has 2 aromatic rings. The first-order chi connectivity index (χ1) is 11.2. The molecule has 124 valence electrons. The summed E-state index contributed by atoms with van der Waals surface area (Å²) in [6, 6.07) is 5.44. The molecule has 0 spiro atoms. The predicted octanol–water partition coefficient (Wildman–Crippen LogP) is 3.07. The van der Waals surface area contributed by atoms with E-state index in [-0.39, 0.29) is 5.91 Å². The number of methoxy groups -OCH3 is 1. The molecule has 0 unspecified atom stereocenters. The molecule has 1 aromatic carbocycles. The van der Waals surface area contributed by atoms with Crippen LogP contribution in [0.1, 0.15) is 26.7 Å². The van der Waals surface area contributed by atoms with E-state index in [9.17, 15) is 4.79 Å². The number of hydrogen-bond donors (Lipinski definition) is 2. The molecule has 0 saturated heterocycles. The molecule has 0 radical (unpaired) electrons. The van der Waals surface area contributed by atoms with Crippen molar-refractivity contribution in [3.8, 4) is 17.1 Å². The van der Waals surface area contributed by atoms with Gasteiger partial charge in [0.25, 0.3) is 0 Å². The molecule has 1 saturated carbocycles. The highest BCUT2D eigenvalue weighted by molar-refractivity contribution is 6.00. The number of likely N-dealkylation sites (N-methyl/N-ethyl adjacent to an activating group) is 1. The Morgan fingerprint density at radius 1 is 1.35 bits per heavy atom. The number of ether oxygens (including phenoxy) is 1. The number of carbonyl (C=O) groups excluding carboxylic acids is 1. The summed E-state index contributed by atoms with van der Waals surface area (Å²) in [5, 5.41) is 5.98. The molecule has 1 aliphatic carbocycles. The fourth-order valence-electron chi connectivity index (χ4n) is 2.29. The van der Waals surface area contributed by atoms with E-state index >= 15 is 0 Å². The quantitative estimate of drug-likeness (QED) is 0.886. The SMILES string of the molecule is CC.CNC1(C(=O)Nc2ccc(-c3cnco3)c(OC)c2)CC1. The van der Waals surface area contributed by atoms with Crippen molar-refractivity contribution in [1.29, 1.82) is 0 Å². The normalized spacial score (nSPS) is 14.4. The van der Waals surface area contributed by atoms with Crippen molar-refractivity contribution in [2.45, 2.75) is 32.2 Å². The monoisotopic (exact) mass is 317 g/mol. The largest absolute Gasteiger partial charge is 0.496 e. The lowest BCUT2D eigenvalue weighted by atomic mass is 10.1. The van der Waals surface area contributed by atoms with Crippen LogP contribution in [0.2, 0.25) is 0 Å². The molecule has 0 aliphatic heterocycles. The lowest BCUT2D eigenvalue weighted by molar-refractivity contribution is -0.118. The van der Waals surface area contributed by atoms with E-state index in [0.29, 0.717) is 17.2 Å². The van der Waals surface area contributed by atoms with Gasteiger partial charge in [0.15, 0.2) is 12.2 Å². The molecule has 1 heterocycles. The van der Waals surface area contributed by atoms with Crippen molar-refractivity contribution >= 4 is 11.6 Å². The topological polar surface area (TPSA) is 76.4 Å². The molecule has 0 atom stereocenters. The summed E-state index contributed by atoms with van der Waals surface area (Å²) in [5.74, 6) is 1.23. The van der Waals surface area contributed by atoms with Crippen LogP contribution in [0.5, 0.6) is 5.75 Å². The van der Waals surface area contributed by atoms with E-state index in [0.717, 1.165) is 18.4 Å². The number of rotatable bonds is 5. The number of carbonyl (C=O) groups is 1. The first kappa shape index (κ1) is 17.0. The van der Waals surface area contributed by atoms with Gasteiger partial charge in [0.05, 0.1) is 24.4 Å². The van der Waals surface area contributed by atoms with E-state index in [1.54, 1.807) is 26.4 Å². The summed E-state index contributed by atoms with van der Waals surface area (Å²) in [7, 11) is 3.39. The van der Waals surface area contributed by atoms with Crippen molar-refractivity contribution in [3.05, 3.63) is 30.8 Å². The minimum Gasteiger partial charge on any atom is -0.496 e. The summed E-state index contributed by atoms with van der Waals surface area (Å²) in [6.45, 7) is 4.00. The zero-order valence-electron chi connectivity index (χ0n) is 14.0. The minimum atomic E-state index is -0.406. The van der Waals surface area contributed by atoms with E-state index in [2.05, 4.69) is 15.6 Å².